The summed E-state index contributed by atoms with van der Waals surface area (Å²) in [7, 11) is 1.59. The van der Waals surface area contributed by atoms with E-state index < -0.39 is 0 Å². The molecule has 1 atom stereocenters. The molecule has 0 bridgehead atoms. The summed E-state index contributed by atoms with van der Waals surface area (Å²) < 4.78 is 18.6. The number of ether oxygens (including phenoxy) is 2. The smallest absolute Gasteiger partial charge is 0.141 e. The van der Waals surface area contributed by atoms with Gasteiger partial charge in [-0.05, 0) is 64.0 Å². The Labute approximate surface area is 224 Å². The predicted octanol–water partition coefficient (Wildman–Crippen LogP) is 6.19. The number of fused-ring (bicyclic) bond motifs is 1. The fourth-order valence-corrected chi connectivity index (χ4v) is 5.31. The van der Waals surface area contributed by atoms with Gasteiger partial charge in [0.1, 0.15) is 17.3 Å². The van der Waals surface area contributed by atoms with Gasteiger partial charge < -0.3 is 18.6 Å². The molecule has 4 rings (SSSR count). The van der Waals surface area contributed by atoms with Crippen molar-refractivity contribution in [2.75, 3.05) is 33.4 Å². The number of imidazole rings is 1. The molecule has 1 saturated heterocycles. The van der Waals surface area contributed by atoms with Gasteiger partial charge >= 0.3 is 0 Å². The van der Waals surface area contributed by atoms with Crippen LogP contribution in [0.4, 0.5) is 0 Å². The number of hydrogen-bond donors (Lipinski definition) is 0. The van der Waals surface area contributed by atoms with Crippen molar-refractivity contribution in [3.05, 3.63) is 70.6 Å². The number of halogens is 1. The summed E-state index contributed by atoms with van der Waals surface area (Å²) in [6, 6.07) is 6.84. The molecule has 1 aromatic carbocycles. The van der Waals surface area contributed by atoms with E-state index in [2.05, 4.69) is 53.2 Å². The Kier molecular flexibility index (Phi) is 8.90. The molecule has 1 aliphatic rings. The van der Waals surface area contributed by atoms with Crippen molar-refractivity contribution in [2.45, 2.75) is 53.1 Å². The predicted molar refractivity (Wildman–Crippen MR) is 149 cm³/mol. The van der Waals surface area contributed by atoms with Gasteiger partial charge in [0, 0.05) is 37.7 Å². The first-order valence-corrected chi connectivity index (χ1v) is 13.2. The number of rotatable bonds is 10. The van der Waals surface area contributed by atoms with E-state index in [0.29, 0.717) is 16.8 Å². The van der Waals surface area contributed by atoms with Crippen LogP contribution in [-0.4, -0.2) is 59.1 Å². The minimum Gasteiger partial charge on any atom is -0.495 e. The van der Waals surface area contributed by atoms with E-state index in [1.807, 2.05) is 19.9 Å². The zero-order valence-electron chi connectivity index (χ0n) is 22.5. The van der Waals surface area contributed by atoms with Gasteiger partial charge in [-0.15, -0.1) is 0 Å². The second-order valence-corrected chi connectivity index (χ2v) is 10.1. The third-order valence-electron chi connectivity index (χ3n) is 7.02. The third-order valence-corrected chi connectivity index (χ3v) is 7.32. The van der Waals surface area contributed by atoms with Crippen molar-refractivity contribution in [2.24, 2.45) is 0 Å². The average Bonchev–Trinajstić information content (AvgIpc) is 3.41. The number of methoxy groups -OCH3 is 1. The summed E-state index contributed by atoms with van der Waals surface area (Å²) in [5, 5.41) is 4.68. The highest BCUT2D eigenvalue weighted by molar-refractivity contribution is 6.31. The Morgan fingerprint density at radius 3 is 2.68 bits per heavy atom. The number of hydrogen-bond acceptors (Lipinski definition) is 6. The van der Waals surface area contributed by atoms with Crippen LogP contribution in [0.25, 0.3) is 22.2 Å². The number of aromatic nitrogens is 3. The summed E-state index contributed by atoms with van der Waals surface area (Å²) >= 11 is 6.42. The quantitative estimate of drug-likeness (QED) is 0.233. The lowest BCUT2D eigenvalue weighted by atomic mass is 10.0. The van der Waals surface area contributed by atoms with E-state index >= 15 is 0 Å². The van der Waals surface area contributed by atoms with E-state index in [0.717, 1.165) is 90.7 Å². The van der Waals surface area contributed by atoms with Gasteiger partial charge in [-0.25, -0.2) is 4.98 Å². The Bertz CT molecular complexity index is 1290. The van der Waals surface area contributed by atoms with Gasteiger partial charge in [0.2, 0.25) is 0 Å². The lowest BCUT2D eigenvalue weighted by molar-refractivity contribution is 0.0170. The minimum absolute atomic E-state index is 0.369. The van der Waals surface area contributed by atoms with Crippen LogP contribution in [0.2, 0.25) is 0 Å². The van der Waals surface area contributed by atoms with Crippen LogP contribution in [0.5, 0.6) is 0 Å². The van der Waals surface area contributed by atoms with Crippen LogP contribution in [0.15, 0.2) is 57.8 Å². The van der Waals surface area contributed by atoms with Crippen LogP contribution in [0.1, 0.15) is 37.5 Å². The van der Waals surface area contributed by atoms with Crippen LogP contribution >= 0.6 is 11.6 Å². The Morgan fingerprint density at radius 2 is 2.03 bits per heavy atom. The second-order valence-electron chi connectivity index (χ2n) is 9.65. The summed E-state index contributed by atoms with van der Waals surface area (Å²) in [4.78, 5) is 7.61. The lowest BCUT2D eigenvalue weighted by Crippen LogP contribution is -2.44. The zero-order valence-corrected chi connectivity index (χ0v) is 23.3. The van der Waals surface area contributed by atoms with Gasteiger partial charge in [-0.3, -0.25) is 4.90 Å². The fourth-order valence-electron chi connectivity index (χ4n) is 4.97. The number of morpholine rings is 1. The van der Waals surface area contributed by atoms with Gasteiger partial charge in [-0.1, -0.05) is 35.0 Å². The Hall–Kier alpha value is -2.87. The topological polar surface area (TPSA) is 65.6 Å². The molecule has 0 spiro atoms. The molecule has 2 aromatic heterocycles. The van der Waals surface area contributed by atoms with E-state index in [9.17, 15) is 0 Å². The molecule has 0 radical (unpaired) electrons. The summed E-state index contributed by atoms with van der Waals surface area (Å²) in [5.74, 6) is 2.45. The molecule has 0 saturated carbocycles. The highest BCUT2D eigenvalue weighted by Crippen LogP contribution is 2.30. The molecule has 0 aliphatic carbocycles. The van der Waals surface area contributed by atoms with Crippen LogP contribution in [0.3, 0.4) is 0 Å². The van der Waals surface area contributed by atoms with E-state index in [1.54, 1.807) is 13.2 Å². The highest BCUT2D eigenvalue weighted by atomic mass is 35.5. The minimum atomic E-state index is 0.369. The fraction of sp³-hybridized carbons (Fsp3) is 0.448. The number of benzene rings is 1. The van der Waals surface area contributed by atoms with Crippen molar-refractivity contribution in [1.82, 2.24) is 19.6 Å². The van der Waals surface area contributed by atoms with Crippen molar-refractivity contribution in [3.63, 3.8) is 0 Å². The molecule has 0 amide bonds. The molecule has 1 aliphatic heterocycles. The second kappa shape index (κ2) is 12.1. The average molecular weight is 525 g/mol. The maximum atomic E-state index is 6.42. The lowest BCUT2D eigenvalue weighted by Gasteiger charge is -2.32. The maximum absolute atomic E-state index is 6.42. The number of allylic oxidation sites excluding steroid dienone is 4. The molecule has 198 valence electrons. The van der Waals surface area contributed by atoms with E-state index in [1.165, 1.54) is 0 Å². The Balaban J connectivity index is 1.66. The SMILES string of the molecule is C=C/C(OC)=C(Cl)\C=C(/C)CCc1nc2cc(-c3c(C)noc3C)ccc2n1C[C@H](C)N1CCOCC1. The van der Waals surface area contributed by atoms with Gasteiger partial charge in [-0.2, -0.15) is 0 Å². The van der Waals surface area contributed by atoms with E-state index in [-0.39, 0.29) is 0 Å². The molecule has 3 heterocycles. The molecule has 3 aromatic rings. The highest BCUT2D eigenvalue weighted by Gasteiger charge is 2.21. The standard InChI is InChI=1S/C29H37ClN4O3/c1-7-27(35-6)24(30)16-19(2)8-11-28-31-25-17-23(29-21(4)32-37-22(29)5)9-10-26(25)34(28)18-20(3)33-12-14-36-15-13-33/h7,9-10,16-17,20H,1,8,11-15,18H2,2-6H3/b19-16+,27-24-/t20-/m0/s1. The first-order valence-electron chi connectivity index (χ1n) is 12.8. The maximum Gasteiger partial charge on any atom is 0.141 e. The summed E-state index contributed by atoms with van der Waals surface area (Å²) in [6.45, 7) is 16.4. The monoisotopic (exact) mass is 524 g/mol. The van der Waals surface area contributed by atoms with Crippen LogP contribution in [-0.2, 0) is 22.4 Å². The molecule has 1 fully saturated rings. The molecule has 8 heteroatoms. The van der Waals surface area contributed by atoms with Crippen molar-refractivity contribution in [3.8, 4) is 11.1 Å². The molecule has 0 unspecified atom stereocenters. The van der Waals surface area contributed by atoms with Crippen molar-refractivity contribution in [1.29, 1.82) is 0 Å². The van der Waals surface area contributed by atoms with Crippen molar-refractivity contribution >= 4 is 22.6 Å². The zero-order chi connectivity index (χ0) is 26.5. The molecule has 0 N–H and O–H groups in total. The number of nitrogens with zero attached hydrogens (tertiary/aromatic N) is 4. The van der Waals surface area contributed by atoms with Crippen molar-refractivity contribution < 1.29 is 14.0 Å². The van der Waals surface area contributed by atoms with Gasteiger partial charge in [0.05, 0.1) is 42.1 Å². The summed E-state index contributed by atoms with van der Waals surface area (Å²) in [5.41, 5.74) is 6.27. The van der Waals surface area contributed by atoms with Gasteiger partial charge in [0.25, 0.3) is 0 Å². The largest absolute Gasteiger partial charge is 0.495 e. The van der Waals surface area contributed by atoms with E-state index in [4.69, 9.17) is 30.6 Å². The first-order chi connectivity index (χ1) is 17.8. The number of aryl methyl sites for hydroxylation is 3. The molecule has 37 heavy (non-hydrogen) atoms. The van der Waals surface area contributed by atoms with Crippen LogP contribution < -0.4 is 0 Å². The first kappa shape index (κ1) is 27.2. The molecular weight excluding hydrogens is 488 g/mol. The Morgan fingerprint density at radius 1 is 1.27 bits per heavy atom. The summed E-state index contributed by atoms with van der Waals surface area (Å²) in [6.07, 6.45) is 5.19. The molecular formula is C29H37ClN4O3. The normalized spacial score (nSPS) is 16.6. The van der Waals surface area contributed by atoms with Gasteiger partial charge in [0.15, 0.2) is 0 Å². The molecule has 7 nitrogen and oxygen atoms in total. The third kappa shape index (κ3) is 6.17. The van der Waals surface area contributed by atoms with Crippen LogP contribution in [0, 0.1) is 13.8 Å².